The molecule has 1 aromatic carbocycles. The molecule has 2 heterocycles. The van der Waals surface area contributed by atoms with Crippen LogP contribution in [-0.2, 0) is 6.54 Å². The Bertz CT molecular complexity index is 690. The second-order valence-electron chi connectivity index (χ2n) is 6.68. The summed E-state index contributed by atoms with van der Waals surface area (Å²) in [6, 6.07) is 8.32. The highest BCUT2D eigenvalue weighted by Crippen LogP contribution is 2.19. The number of aliphatic hydroxyl groups excluding tert-OH is 1. The third-order valence-corrected chi connectivity index (χ3v) is 4.70. The van der Waals surface area contributed by atoms with Crippen LogP contribution in [0.2, 0.25) is 0 Å². The Morgan fingerprint density at radius 1 is 1.29 bits per heavy atom. The molecule has 1 aliphatic rings. The summed E-state index contributed by atoms with van der Waals surface area (Å²) in [5.41, 5.74) is 6.99. The zero-order valence-corrected chi connectivity index (χ0v) is 14.5. The Balaban J connectivity index is 1.70. The maximum atomic E-state index is 9.66. The first-order chi connectivity index (χ1) is 11.6. The predicted molar refractivity (Wildman–Crippen MR) is 96.6 cm³/mol. The second-order valence-corrected chi connectivity index (χ2v) is 6.68. The van der Waals surface area contributed by atoms with Crippen molar-refractivity contribution in [3.8, 4) is 0 Å². The summed E-state index contributed by atoms with van der Waals surface area (Å²) in [5.74, 6) is 1.33. The van der Waals surface area contributed by atoms with Crippen LogP contribution in [0.1, 0.15) is 26.1 Å². The summed E-state index contributed by atoms with van der Waals surface area (Å²) in [4.78, 5) is 13.9. The lowest BCUT2D eigenvalue weighted by Gasteiger charge is -2.41. The van der Waals surface area contributed by atoms with E-state index in [1.807, 2.05) is 31.2 Å². The molecular weight excluding hydrogens is 302 g/mol. The average Bonchev–Trinajstić information content (AvgIpc) is 2.56. The Labute approximate surface area is 143 Å². The first kappa shape index (κ1) is 17.1. The van der Waals surface area contributed by atoms with Crippen LogP contribution in [-0.4, -0.2) is 63.2 Å². The number of aromatic nitrogens is 2. The van der Waals surface area contributed by atoms with Crippen LogP contribution in [0.15, 0.2) is 24.3 Å². The molecule has 2 atom stereocenters. The number of benzene rings is 1. The van der Waals surface area contributed by atoms with Gasteiger partial charge in [0.05, 0.1) is 18.2 Å². The van der Waals surface area contributed by atoms with Gasteiger partial charge in [-0.25, -0.2) is 9.97 Å². The van der Waals surface area contributed by atoms with Crippen molar-refractivity contribution in [3.05, 3.63) is 30.1 Å². The largest absolute Gasteiger partial charge is 0.392 e. The van der Waals surface area contributed by atoms with E-state index in [1.165, 1.54) is 0 Å². The summed E-state index contributed by atoms with van der Waals surface area (Å²) >= 11 is 0. The van der Waals surface area contributed by atoms with Crippen molar-refractivity contribution in [2.24, 2.45) is 0 Å². The van der Waals surface area contributed by atoms with Gasteiger partial charge in [0.2, 0.25) is 0 Å². The number of anilines is 1. The van der Waals surface area contributed by atoms with Gasteiger partial charge in [-0.3, -0.25) is 9.80 Å². The summed E-state index contributed by atoms with van der Waals surface area (Å²) in [6.45, 7) is 8.41. The van der Waals surface area contributed by atoms with E-state index >= 15 is 0 Å². The zero-order valence-electron chi connectivity index (χ0n) is 14.5. The van der Waals surface area contributed by atoms with Crippen LogP contribution < -0.4 is 5.73 Å². The van der Waals surface area contributed by atoms with Crippen LogP contribution in [0, 0.1) is 0 Å². The fraction of sp³-hybridized carbons (Fsp3) is 0.556. The minimum absolute atomic E-state index is 0.283. The number of nitrogens with zero attached hydrogens (tertiary/aromatic N) is 4. The number of piperazine rings is 1. The van der Waals surface area contributed by atoms with Crippen molar-refractivity contribution in [2.75, 3.05) is 31.9 Å². The monoisotopic (exact) mass is 329 g/mol. The molecule has 0 saturated carbocycles. The molecule has 0 radical (unpaired) electrons. The van der Waals surface area contributed by atoms with Gasteiger partial charge in [-0.15, -0.1) is 0 Å². The Morgan fingerprint density at radius 2 is 2.08 bits per heavy atom. The molecule has 2 aromatic rings. The van der Waals surface area contributed by atoms with E-state index in [2.05, 4.69) is 26.7 Å². The van der Waals surface area contributed by atoms with Crippen LogP contribution in [0.3, 0.4) is 0 Å². The molecule has 1 saturated heterocycles. The fourth-order valence-electron chi connectivity index (χ4n) is 3.49. The molecule has 3 rings (SSSR count). The van der Waals surface area contributed by atoms with Crippen molar-refractivity contribution in [1.29, 1.82) is 0 Å². The van der Waals surface area contributed by atoms with Crippen molar-refractivity contribution in [1.82, 2.24) is 19.8 Å². The highest BCUT2D eigenvalue weighted by Gasteiger charge is 2.26. The van der Waals surface area contributed by atoms with Gasteiger partial charge in [-0.2, -0.15) is 0 Å². The normalized spacial score (nSPS) is 21.2. The first-order valence-corrected chi connectivity index (χ1v) is 8.72. The number of hydrogen-bond donors (Lipinski definition) is 2. The molecule has 0 amide bonds. The molecule has 0 unspecified atom stereocenters. The highest BCUT2D eigenvalue weighted by atomic mass is 16.3. The fourth-order valence-corrected chi connectivity index (χ4v) is 3.49. The van der Waals surface area contributed by atoms with Crippen molar-refractivity contribution in [2.45, 2.75) is 39.0 Å². The van der Waals surface area contributed by atoms with E-state index in [1.54, 1.807) is 0 Å². The Hall–Kier alpha value is -1.76. The molecule has 1 fully saturated rings. The molecule has 0 spiro atoms. The smallest absolute Gasteiger partial charge is 0.145 e. The molecule has 3 N–H and O–H groups in total. The molecule has 0 aliphatic carbocycles. The number of hydrogen-bond acceptors (Lipinski definition) is 6. The lowest BCUT2D eigenvalue weighted by Crippen LogP contribution is -2.54. The summed E-state index contributed by atoms with van der Waals surface area (Å²) in [7, 11) is 0. The Kier molecular flexibility index (Phi) is 5.28. The van der Waals surface area contributed by atoms with Gasteiger partial charge < -0.3 is 10.8 Å². The van der Waals surface area contributed by atoms with Crippen LogP contribution >= 0.6 is 0 Å². The second kappa shape index (κ2) is 7.42. The van der Waals surface area contributed by atoms with Gasteiger partial charge in [0.1, 0.15) is 11.6 Å². The maximum Gasteiger partial charge on any atom is 0.145 e. The number of β-amino-alcohol motifs (C(OH)–C–C–N with tert-alkyl or cyclic N) is 1. The maximum absolute atomic E-state index is 9.66. The van der Waals surface area contributed by atoms with E-state index in [0.717, 1.165) is 49.3 Å². The quantitative estimate of drug-likeness (QED) is 0.865. The van der Waals surface area contributed by atoms with Crippen molar-refractivity contribution >= 4 is 16.7 Å². The number of para-hydroxylation sites is 1. The number of nitrogens with two attached hydrogens (primary N) is 1. The topological polar surface area (TPSA) is 78.5 Å². The minimum atomic E-state index is -0.283. The predicted octanol–water partition coefficient (Wildman–Crippen LogP) is 1.49. The molecule has 0 bridgehead atoms. The number of nitrogen functional groups attached to an aromatic ring is 1. The van der Waals surface area contributed by atoms with Gasteiger partial charge in [0.15, 0.2) is 0 Å². The molecule has 1 aliphatic heterocycles. The third kappa shape index (κ3) is 3.83. The summed E-state index contributed by atoms with van der Waals surface area (Å²) in [5, 5.41) is 10.6. The highest BCUT2D eigenvalue weighted by molar-refractivity contribution is 5.87. The van der Waals surface area contributed by atoms with Gasteiger partial charge >= 0.3 is 0 Å². The molecule has 6 nitrogen and oxygen atoms in total. The Morgan fingerprint density at radius 3 is 2.83 bits per heavy atom. The van der Waals surface area contributed by atoms with E-state index in [0.29, 0.717) is 18.4 Å². The lowest BCUT2D eigenvalue weighted by molar-refractivity contribution is 0.0329. The third-order valence-electron chi connectivity index (χ3n) is 4.70. The molecular formula is C18H27N5O. The number of rotatable bonds is 5. The van der Waals surface area contributed by atoms with Crippen molar-refractivity contribution in [3.63, 3.8) is 0 Å². The van der Waals surface area contributed by atoms with E-state index in [9.17, 15) is 5.11 Å². The van der Waals surface area contributed by atoms with Gasteiger partial charge in [0, 0.05) is 37.6 Å². The van der Waals surface area contributed by atoms with Gasteiger partial charge in [-0.05, 0) is 25.5 Å². The molecule has 130 valence electrons. The average molecular weight is 329 g/mol. The lowest BCUT2D eigenvalue weighted by atomic mass is 10.1. The molecule has 1 aromatic heterocycles. The van der Waals surface area contributed by atoms with E-state index < -0.39 is 0 Å². The standard InChI is InChI=1S/C18H27N5O/c1-3-14-11-22(8-9-23(14)10-13(2)24)12-17-20-16-7-5-4-6-15(16)18(19)21-17/h4-7,13-14,24H,3,8-12H2,1-2H3,(H2,19,20,21)/t13-,14-/m1/s1. The number of aliphatic hydroxyl groups is 1. The summed E-state index contributed by atoms with van der Waals surface area (Å²) in [6.07, 6.45) is 0.790. The van der Waals surface area contributed by atoms with Gasteiger partial charge in [-0.1, -0.05) is 19.1 Å². The van der Waals surface area contributed by atoms with Crippen LogP contribution in [0.25, 0.3) is 10.9 Å². The summed E-state index contributed by atoms with van der Waals surface area (Å²) < 4.78 is 0. The number of fused-ring (bicyclic) bond motifs is 1. The SMILES string of the molecule is CC[C@@H]1CN(Cc2nc(N)c3ccccc3n2)CCN1C[C@@H](C)O. The van der Waals surface area contributed by atoms with E-state index in [4.69, 9.17) is 5.73 Å². The van der Waals surface area contributed by atoms with Gasteiger partial charge in [0.25, 0.3) is 0 Å². The van der Waals surface area contributed by atoms with E-state index in [-0.39, 0.29) is 6.10 Å². The first-order valence-electron chi connectivity index (χ1n) is 8.72. The molecule has 24 heavy (non-hydrogen) atoms. The van der Waals surface area contributed by atoms with Crippen LogP contribution in [0.5, 0.6) is 0 Å². The van der Waals surface area contributed by atoms with Crippen LogP contribution in [0.4, 0.5) is 5.82 Å². The molecule has 6 heteroatoms. The minimum Gasteiger partial charge on any atom is -0.392 e. The zero-order chi connectivity index (χ0) is 17.1. The van der Waals surface area contributed by atoms with Crippen molar-refractivity contribution < 1.29 is 5.11 Å².